The Labute approximate surface area is 185 Å². The van der Waals surface area contributed by atoms with Crippen LogP contribution in [-0.2, 0) is 9.59 Å². The van der Waals surface area contributed by atoms with Crippen LogP contribution in [0.3, 0.4) is 0 Å². The van der Waals surface area contributed by atoms with Crippen LogP contribution in [0.15, 0.2) is 60.4 Å². The summed E-state index contributed by atoms with van der Waals surface area (Å²) in [4.78, 5) is 42.8. The zero-order chi connectivity index (χ0) is 22.8. The quantitative estimate of drug-likeness (QED) is 0.480. The lowest BCUT2D eigenvalue weighted by Crippen LogP contribution is -2.38. The van der Waals surface area contributed by atoms with Gasteiger partial charge in [0.25, 0.3) is 5.91 Å². The molecule has 0 saturated carbocycles. The molecule has 4 rings (SSSR count). The van der Waals surface area contributed by atoms with Gasteiger partial charge in [-0.05, 0) is 62.7 Å². The lowest BCUT2D eigenvalue weighted by molar-refractivity contribution is -0.127. The highest BCUT2D eigenvalue weighted by Gasteiger charge is 2.35. The smallest absolute Gasteiger partial charge is 0.325 e. The average Bonchev–Trinajstić information content (AvgIpc) is 3.19. The third-order valence-electron chi connectivity index (χ3n) is 5.25. The number of amides is 4. The maximum Gasteiger partial charge on any atom is 0.329 e. The van der Waals surface area contributed by atoms with Gasteiger partial charge in [-0.2, -0.15) is 0 Å². The van der Waals surface area contributed by atoms with Crippen LogP contribution in [0.5, 0.6) is 0 Å². The number of hydrogen-bond acceptors (Lipinski definition) is 4. The molecule has 2 N–H and O–H groups in total. The first-order valence-electron chi connectivity index (χ1n) is 10.1. The van der Waals surface area contributed by atoms with Crippen molar-refractivity contribution in [1.29, 1.82) is 0 Å². The molecule has 32 heavy (non-hydrogen) atoms. The minimum atomic E-state index is -0.626. The molecule has 2 aromatic heterocycles. The fourth-order valence-electron chi connectivity index (χ4n) is 3.62. The van der Waals surface area contributed by atoms with Gasteiger partial charge in [0.2, 0.25) is 5.91 Å². The highest BCUT2D eigenvalue weighted by molar-refractivity contribution is 6.16. The number of nitrogens with zero attached hydrogens (tertiary/aromatic N) is 3. The van der Waals surface area contributed by atoms with E-state index in [0.29, 0.717) is 5.69 Å². The van der Waals surface area contributed by atoms with E-state index in [4.69, 9.17) is 0 Å². The molecule has 8 heteroatoms. The summed E-state index contributed by atoms with van der Waals surface area (Å²) in [7, 11) is 0. The Morgan fingerprint density at radius 1 is 1.09 bits per heavy atom. The molecule has 1 aliphatic rings. The van der Waals surface area contributed by atoms with E-state index in [9.17, 15) is 14.4 Å². The van der Waals surface area contributed by atoms with Gasteiger partial charge in [0.05, 0.1) is 0 Å². The van der Waals surface area contributed by atoms with Gasteiger partial charge in [0, 0.05) is 23.3 Å². The number of imide groups is 1. The van der Waals surface area contributed by atoms with Crippen LogP contribution in [-0.4, -0.2) is 38.8 Å². The molecular formula is C24H23N5O3. The third kappa shape index (κ3) is 4.15. The number of nitrogens with one attached hydrogen (secondary N) is 2. The summed E-state index contributed by atoms with van der Waals surface area (Å²) in [5.74, 6) is -0.230. The number of aromatic nitrogens is 2. The second kappa shape index (κ2) is 8.50. The zero-order valence-corrected chi connectivity index (χ0v) is 18.0. The largest absolute Gasteiger partial charge is 0.329 e. The maximum absolute atomic E-state index is 12.8. The summed E-state index contributed by atoms with van der Waals surface area (Å²) in [5, 5.41) is 5.27. The number of pyridine rings is 1. The van der Waals surface area contributed by atoms with Gasteiger partial charge in [-0.15, -0.1) is 0 Å². The van der Waals surface area contributed by atoms with Gasteiger partial charge in [0.1, 0.15) is 18.1 Å². The number of rotatable bonds is 5. The number of carbonyl (C=O) groups is 3. The number of carbonyl (C=O) groups excluding carboxylic acids is 3. The van der Waals surface area contributed by atoms with Gasteiger partial charge in [-0.25, -0.2) is 14.7 Å². The Balaban J connectivity index is 1.51. The van der Waals surface area contributed by atoms with Crippen LogP contribution >= 0.6 is 0 Å². The summed E-state index contributed by atoms with van der Waals surface area (Å²) in [5.41, 5.74) is 4.40. The molecule has 8 nitrogen and oxygen atoms in total. The van der Waals surface area contributed by atoms with Gasteiger partial charge < -0.3 is 15.2 Å². The van der Waals surface area contributed by atoms with Crippen molar-refractivity contribution in [3.05, 3.63) is 82.9 Å². The molecule has 1 aliphatic heterocycles. The first-order valence-corrected chi connectivity index (χ1v) is 10.1. The fraction of sp³-hybridized carbons (Fsp3) is 0.167. The standard InChI is InChI=1S/C24H23N5O3/c1-15-7-9-19(10-8-15)26-22(30)14-28-23(31)20(27-24(28)32)13-18-12-16(2)29(17(18)3)21-6-4-5-11-25-21/h4-13H,14H2,1-3H3,(H,26,30)(H,27,32). The second-order valence-electron chi connectivity index (χ2n) is 7.64. The summed E-state index contributed by atoms with van der Waals surface area (Å²) in [6.45, 7) is 5.44. The van der Waals surface area contributed by atoms with Crippen LogP contribution in [0.25, 0.3) is 11.9 Å². The second-order valence-corrected chi connectivity index (χ2v) is 7.64. The van der Waals surface area contributed by atoms with Crippen LogP contribution in [0, 0.1) is 20.8 Å². The summed E-state index contributed by atoms with van der Waals surface area (Å²) in [6, 6.07) is 14.2. The lowest BCUT2D eigenvalue weighted by atomic mass is 10.2. The predicted octanol–water partition coefficient (Wildman–Crippen LogP) is 3.33. The molecule has 4 amide bonds. The number of hydrogen-bond donors (Lipinski definition) is 2. The first kappa shape index (κ1) is 21.0. The normalized spacial score (nSPS) is 14.7. The number of urea groups is 1. The van der Waals surface area contributed by atoms with E-state index in [0.717, 1.165) is 33.2 Å². The molecule has 1 saturated heterocycles. The SMILES string of the molecule is Cc1ccc(NC(=O)CN2C(=O)NC(=Cc3cc(C)n(-c4ccccn4)c3C)C2=O)cc1. The minimum Gasteiger partial charge on any atom is -0.325 e. The van der Waals surface area contributed by atoms with Crippen molar-refractivity contribution in [1.82, 2.24) is 19.8 Å². The number of anilines is 1. The molecule has 1 fully saturated rings. The minimum absolute atomic E-state index is 0.124. The molecule has 0 atom stereocenters. The highest BCUT2D eigenvalue weighted by Crippen LogP contribution is 2.23. The van der Waals surface area contributed by atoms with Gasteiger partial charge in [-0.1, -0.05) is 23.8 Å². The topological polar surface area (TPSA) is 96.3 Å². The highest BCUT2D eigenvalue weighted by atomic mass is 16.2. The average molecular weight is 429 g/mol. The Morgan fingerprint density at radius 2 is 1.84 bits per heavy atom. The van der Waals surface area contributed by atoms with E-state index in [-0.39, 0.29) is 12.2 Å². The first-order chi connectivity index (χ1) is 15.3. The molecule has 3 heterocycles. The summed E-state index contributed by atoms with van der Waals surface area (Å²) < 4.78 is 1.97. The maximum atomic E-state index is 12.8. The van der Waals surface area contributed by atoms with Crippen molar-refractivity contribution in [2.24, 2.45) is 0 Å². The van der Waals surface area contributed by atoms with Crippen LogP contribution in [0.2, 0.25) is 0 Å². The van der Waals surface area contributed by atoms with Crippen LogP contribution < -0.4 is 10.6 Å². The summed E-state index contributed by atoms with van der Waals surface area (Å²) in [6.07, 6.45) is 3.34. The van der Waals surface area contributed by atoms with E-state index in [1.54, 1.807) is 24.4 Å². The molecule has 0 aliphatic carbocycles. The molecule has 0 unspecified atom stereocenters. The van der Waals surface area contributed by atoms with E-state index in [2.05, 4.69) is 15.6 Å². The molecule has 0 spiro atoms. The van der Waals surface area contributed by atoms with Gasteiger partial charge >= 0.3 is 6.03 Å². The molecule has 162 valence electrons. The van der Waals surface area contributed by atoms with Crippen molar-refractivity contribution in [3.63, 3.8) is 0 Å². The van der Waals surface area contributed by atoms with Crippen molar-refractivity contribution < 1.29 is 14.4 Å². The fourth-order valence-corrected chi connectivity index (χ4v) is 3.62. The van der Waals surface area contributed by atoms with E-state index >= 15 is 0 Å². The Kier molecular flexibility index (Phi) is 5.59. The Bertz CT molecular complexity index is 1230. The van der Waals surface area contributed by atoms with Crippen molar-refractivity contribution in [2.75, 3.05) is 11.9 Å². The lowest BCUT2D eigenvalue weighted by Gasteiger charge is -2.12. The van der Waals surface area contributed by atoms with Gasteiger partial charge in [-0.3, -0.25) is 9.59 Å². The third-order valence-corrected chi connectivity index (χ3v) is 5.25. The molecule has 0 radical (unpaired) electrons. The van der Waals surface area contributed by atoms with E-state index in [1.165, 1.54) is 0 Å². The Morgan fingerprint density at radius 3 is 2.53 bits per heavy atom. The zero-order valence-electron chi connectivity index (χ0n) is 18.0. The van der Waals surface area contributed by atoms with E-state index in [1.807, 2.05) is 61.7 Å². The van der Waals surface area contributed by atoms with Crippen LogP contribution in [0.4, 0.5) is 10.5 Å². The monoisotopic (exact) mass is 429 g/mol. The van der Waals surface area contributed by atoms with Gasteiger partial charge in [0.15, 0.2) is 0 Å². The van der Waals surface area contributed by atoms with Crippen LogP contribution in [0.1, 0.15) is 22.5 Å². The molecule has 0 bridgehead atoms. The van der Waals surface area contributed by atoms with Crippen molar-refractivity contribution in [2.45, 2.75) is 20.8 Å². The Hall–Kier alpha value is -4.20. The predicted molar refractivity (Wildman–Crippen MR) is 121 cm³/mol. The molecule has 3 aromatic rings. The van der Waals surface area contributed by atoms with E-state index < -0.39 is 17.8 Å². The number of aryl methyl sites for hydroxylation is 2. The molecule has 1 aromatic carbocycles. The van der Waals surface area contributed by atoms with Crippen molar-refractivity contribution in [3.8, 4) is 5.82 Å². The van der Waals surface area contributed by atoms with Crippen molar-refractivity contribution >= 4 is 29.6 Å². The molecular weight excluding hydrogens is 406 g/mol. The summed E-state index contributed by atoms with van der Waals surface area (Å²) >= 11 is 0. The number of benzene rings is 1.